The Balaban J connectivity index is 2.44. The van der Waals surface area contributed by atoms with Crippen molar-refractivity contribution in [3.63, 3.8) is 0 Å². The molecule has 84 valence electrons. The summed E-state index contributed by atoms with van der Waals surface area (Å²) in [5.74, 6) is 0. The van der Waals surface area contributed by atoms with Gasteiger partial charge in [0.05, 0.1) is 28.2 Å². The summed E-state index contributed by atoms with van der Waals surface area (Å²) in [7, 11) is 0. The molecule has 1 heterocycles. The molecule has 0 radical (unpaired) electrons. The van der Waals surface area contributed by atoms with E-state index in [1.54, 1.807) is 24.4 Å². The van der Waals surface area contributed by atoms with Crippen molar-refractivity contribution >= 4 is 23.2 Å². The number of hydrogen-bond acceptors (Lipinski definition) is 2. The molecule has 0 N–H and O–H groups in total. The maximum atomic E-state index is 8.57. The number of aromatic nitrogens is 1. The standard InChI is InChI=1S/C13H8Cl2N2/c14-10-2-1-3-11(15)13(10)12-5-4-9(6-7-16)8-17-12/h1-5,8H,6H2. The highest BCUT2D eigenvalue weighted by molar-refractivity contribution is 6.39. The van der Waals surface area contributed by atoms with Gasteiger partial charge < -0.3 is 0 Å². The molecule has 0 atom stereocenters. The second-order valence-corrected chi connectivity index (χ2v) is 4.30. The fraction of sp³-hybridized carbons (Fsp3) is 0.0769. The van der Waals surface area contributed by atoms with Crippen molar-refractivity contribution in [1.29, 1.82) is 5.26 Å². The lowest BCUT2D eigenvalue weighted by atomic mass is 10.1. The Labute approximate surface area is 109 Å². The molecule has 1 aromatic carbocycles. The van der Waals surface area contributed by atoms with Gasteiger partial charge in [-0.2, -0.15) is 5.26 Å². The number of pyridine rings is 1. The molecule has 0 amide bonds. The van der Waals surface area contributed by atoms with Crippen molar-refractivity contribution in [2.45, 2.75) is 6.42 Å². The van der Waals surface area contributed by atoms with Crippen LogP contribution in [0.4, 0.5) is 0 Å². The van der Waals surface area contributed by atoms with Crippen LogP contribution in [0.5, 0.6) is 0 Å². The van der Waals surface area contributed by atoms with Gasteiger partial charge in [0.15, 0.2) is 0 Å². The van der Waals surface area contributed by atoms with Crippen molar-refractivity contribution in [3.05, 3.63) is 52.1 Å². The first-order valence-corrected chi connectivity index (χ1v) is 5.74. The van der Waals surface area contributed by atoms with Crippen molar-refractivity contribution in [3.8, 4) is 17.3 Å². The monoisotopic (exact) mass is 262 g/mol. The summed E-state index contributed by atoms with van der Waals surface area (Å²) in [6.07, 6.45) is 2.02. The first kappa shape index (κ1) is 11.9. The molecule has 0 bridgehead atoms. The minimum atomic E-state index is 0.351. The zero-order valence-electron chi connectivity index (χ0n) is 8.82. The number of benzene rings is 1. The molecular weight excluding hydrogens is 255 g/mol. The zero-order valence-corrected chi connectivity index (χ0v) is 10.3. The van der Waals surface area contributed by atoms with Crippen LogP contribution < -0.4 is 0 Å². The summed E-state index contributed by atoms with van der Waals surface area (Å²) in [5.41, 5.74) is 2.31. The molecule has 0 aliphatic rings. The quantitative estimate of drug-likeness (QED) is 0.817. The van der Waals surface area contributed by atoms with Gasteiger partial charge >= 0.3 is 0 Å². The molecule has 0 aliphatic carbocycles. The molecule has 2 rings (SSSR count). The molecule has 1 aromatic heterocycles. The largest absolute Gasteiger partial charge is 0.256 e. The Kier molecular flexibility index (Phi) is 3.63. The van der Waals surface area contributed by atoms with E-state index in [-0.39, 0.29) is 0 Å². The van der Waals surface area contributed by atoms with Crippen molar-refractivity contribution in [2.24, 2.45) is 0 Å². The summed E-state index contributed by atoms with van der Waals surface area (Å²) in [6, 6.07) is 11.1. The van der Waals surface area contributed by atoms with Gasteiger partial charge in [-0.15, -0.1) is 0 Å². The molecule has 2 aromatic rings. The van der Waals surface area contributed by atoms with Gasteiger partial charge in [-0.1, -0.05) is 35.3 Å². The van der Waals surface area contributed by atoms with Crippen LogP contribution in [0.3, 0.4) is 0 Å². The normalized spacial score (nSPS) is 9.94. The topological polar surface area (TPSA) is 36.7 Å². The van der Waals surface area contributed by atoms with E-state index in [2.05, 4.69) is 11.1 Å². The summed E-state index contributed by atoms with van der Waals surface area (Å²) in [6.45, 7) is 0. The van der Waals surface area contributed by atoms with E-state index in [4.69, 9.17) is 28.5 Å². The van der Waals surface area contributed by atoms with E-state index < -0.39 is 0 Å². The highest BCUT2D eigenvalue weighted by atomic mass is 35.5. The van der Waals surface area contributed by atoms with Crippen LogP contribution in [0, 0.1) is 11.3 Å². The summed E-state index contributed by atoms with van der Waals surface area (Å²) >= 11 is 12.2. The fourth-order valence-electron chi connectivity index (χ4n) is 1.51. The fourth-order valence-corrected chi connectivity index (χ4v) is 2.10. The first-order valence-electron chi connectivity index (χ1n) is 4.98. The second kappa shape index (κ2) is 5.18. The van der Waals surface area contributed by atoms with Gasteiger partial charge in [-0.05, 0) is 23.8 Å². The molecule has 0 unspecified atom stereocenters. The minimum Gasteiger partial charge on any atom is -0.256 e. The summed E-state index contributed by atoms with van der Waals surface area (Å²) < 4.78 is 0. The smallest absolute Gasteiger partial charge is 0.0732 e. The Bertz CT molecular complexity index is 551. The van der Waals surface area contributed by atoms with Gasteiger partial charge in [0.2, 0.25) is 0 Å². The summed E-state index contributed by atoms with van der Waals surface area (Å²) in [5, 5.41) is 9.71. The van der Waals surface area contributed by atoms with Crippen LogP contribution in [0.2, 0.25) is 10.0 Å². The van der Waals surface area contributed by atoms with Gasteiger partial charge in [-0.25, -0.2) is 0 Å². The Hall–Kier alpha value is -1.56. The molecule has 0 saturated heterocycles. The number of rotatable bonds is 2. The molecule has 0 saturated carbocycles. The predicted molar refractivity (Wildman–Crippen MR) is 69.0 cm³/mol. The number of nitrogens with zero attached hydrogens (tertiary/aromatic N) is 2. The lowest BCUT2D eigenvalue weighted by molar-refractivity contribution is 1.19. The molecule has 0 aliphatic heterocycles. The third-order valence-corrected chi connectivity index (χ3v) is 2.96. The second-order valence-electron chi connectivity index (χ2n) is 3.48. The van der Waals surface area contributed by atoms with Gasteiger partial charge in [0.1, 0.15) is 0 Å². The van der Waals surface area contributed by atoms with E-state index in [0.29, 0.717) is 22.2 Å². The van der Waals surface area contributed by atoms with E-state index in [9.17, 15) is 0 Å². The average Bonchev–Trinajstić information content (AvgIpc) is 2.31. The lowest BCUT2D eigenvalue weighted by Gasteiger charge is -2.06. The van der Waals surface area contributed by atoms with Crippen LogP contribution in [0.15, 0.2) is 36.5 Å². The molecular formula is C13H8Cl2N2. The van der Waals surface area contributed by atoms with Crippen LogP contribution in [0.25, 0.3) is 11.3 Å². The first-order chi connectivity index (χ1) is 8.22. The van der Waals surface area contributed by atoms with Crippen molar-refractivity contribution in [1.82, 2.24) is 4.98 Å². The number of hydrogen-bond donors (Lipinski definition) is 0. The Morgan fingerprint density at radius 3 is 2.35 bits per heavy atom. The number of halogens is 2. The molecule has 0 spiro atoms. The van der Waals surface area contributed by atoms with Crippen LogP contribution in [-0.4, -0.2) is 4.98 Å². The van der Waals surface area contributed by atoms with E-state index >= 15 is 0 Å². The molecule has 2 nitrogen and oxygen atoms in total. The summed E-state index contributed by atoms with van der Waals surface area (Å²) in [4.78, 5) is 4.27. The van der Waals surface area contributed by atoms with Gasteiger partial charge in [0.25, 0.3) is 0 Å². The van der Waals surface area contributed by atoms with E-state index in [0.717, 1.165) is 11.1 Å². The molecule has 0 fully saturated rings. The van der Waals surface area contributed by atoms with Crippen LogP contribution in [0.1, 0.15) is 5.56 Å². The third-order valence-electron chi connectivity index (χ3n) is 2.33. The van der Waals surface area contributed by atoms with Crippen LogP contribution >= 0.6 is 23.2 Å². The number of nitriles is 1. The highest BCUT2D eigenvalue weighted by Gasteiger charge is 2.09. The third kappa shape index (κ3) is 2.58. The Morgan fingerprint density at radius 1 is 1.12 bits per heavy atom. The van der Waals surface area contributed by atoms with Crippen molar-refractivity contribution < 1.29 is 0 Å². The van der Waals surface area contributed by atoms with E-state index in [1.165, 1.54) is 0 Å². The van der Waals surface area contributed by atoms with E-state index in [1.807, 2.05) is 12.1 Å². The molecule has 17 heavy (non-hydrogen) atoms. The predicted octanol–water partition coefficient (Wildman–Crippen LogP) is 4.12. The highest BCUT2D eigenvalue weighted by Crippen LogP contribution is 2.33. The lowest BCUT2D eigenvalue weighted by Crippen LogP contribution is -1.89. The van der Waals surface area contributed by atoms with Crippen molar-refractivity contribution in [2.75, 3.05) is 0 Å². The molecule has 4 heteroatoms. The van der Waals surface area contributed by atoms with Gasteiger partial charge in [-0.3, -0.25) is 4.98 Å². The minimum absolute atomic E-state index is 0.351. The maximum Gasteiger partial charge on any atom is 0.0732 e. The Morgan fingerprint density at radius 2 is 1.82 bits per heavy atom. The maximum absolute atomic E-state index is 8.57. The zero-order chi connectivity index (χ0) is 12.3. The SMILES string of the molecule is N#CCc1ccc(-c2c(Cl)cccc2Cl)nc1. The van der Waals surface area contributed by atoms with Gasteiger partial charge in [0, 0.05) is 11.8 Å². The average molecular weight is 263 g/mol. The van der Waals surface area contributed by atoms with Crippen LogP contribution in [-0.2, 0) is 6.42 Å².